The number of carbonyl (C=O) groups excluding carboxylic acids is 1. The van der Waals surface area contributed by atoms with Gasteiger partial charge >= 0.3 is 6.09 Å². The average molecular weight is 294 g/mol. The summed E-state index contributed by atoms with van der Waals surface area (Å²) in [5.74, 6) is 0. The summed E-state index contributed by atoms with van der Waals surface area (Å²) in [7, 11) is 0. The van der Waals surface area contributed by atoms with Crippen molar-refractivity contribution in [2.75, 3.05) is 6.54 Å². The molecule has 0 fully saturated rings. The van der Waals surface area contributed by atoms with E-state index in [1.165, 1.54) is 0 Å². The summed E-state index contributed by atoms with van der Waals surface area (Å²) >= 11 is 0. The van der Waals surface area contributed by atoms with Crippen LogP contribution in [0.5, 0.6) is 0 Å². The smallest absolute Gasteiger partial charge is 0.410 e. The maximum atomic E-state index is 12.4. The molecule has 0 bridgehead atoms. The molecule has 0 saturated carbocycles. The summed E-state index contributed by atoms with van der Waals surface area (Å²) < 4.78 is 5.44. The molecule has 0 N–H and O–H groups in total. The quantitative estimate of drug-likeness (QED) is 0.810. The Morgan fingerprint density at radius 3 is 2.73 bits per heavy atom. The van der Waals surface area contributed by atoms with E-state index in [-0.39, 0.29) is 18.7 Å². The molecule has 1 aromatic heterocycles. The maximum Gasteiger partial charge on any atom is 0.410 e. The fraction of sp³-hybridized carbons (Fsp3) is 0.222. The summed E-state index contributed by atoms with van der Waals surface area (Å²) in [5, 5.41) is 0. The van der Waals surface area contributed by atoms with Crippen molar-refractivity contribution in [1.29, 1.82) is 0 Å². The number of hydrogen-bond donors (Lipinski definition) is 0. The lowest BCUT2D eigenvalue weighted by Gasteiger charge is -2.31. The van der Waals surface area contributed by atoms with Gasteiger partial charge in [0.15, 0.2) is 0 Å². The maximum absolute atomic E-state index is 12.4. The van der Waals surface area contributed by atoms with Crippen LogP contribution in [0.25, 0.3) is 0 Å². The molecular formula is C18H18N2O2. The molecule has 0 saturated heterocycles. The highest BCUT2D eigenvalue weighted by molar-refractivity contribution is 5.68. The minimum atomic E-state index is -0.302. The Balaban J connectivity index is 1.68. The van der Waals surface area contributed by atoms with E-state index in [1.807, 2.05) is 54.6 Å². The Hall–Kier alpha value is -2.62. The molecule has 112 valence electrons. The van der Waals surface area contributed by atoms with Gasteiger partial charge in [0.05, 0.1) is 11.7 Å². The molecule has 2 aromatic rings. The van der Waals surface area contributed by atoms with Gasteiger partial charge in [0.2, 0.25) is 0 Å². The lowest BCUT2D eigenvalue weighted by Crippen LogP contribution is -2.37. The van der Waals surface area contributed by atoms with Crippen molar-refractivity contribution in [3.63, 3.8) is 0 Å². The second-order valence-corrected chi connectivity index (χ2v) is 5.17. The van der Waals surface area contributed by atoms with Crippen molar-refractivity contribution in [3.8, 4) is 0 Å². The standard InChI is InChI=1S/C18H18N2O2/c21-18(22-14-15-8-2-1-3-9-15)20-13-7-5-11-17(20)16-10-4-6-12-19-16/h1-10,12,17H,11,13-14H2. The third-order valence-electron chi connectivity index (χ3n) is 3.67. The highest BCUT2D eigenvalue weighted by atomic mass is 16.6. The molecule has 4 heteroatoms. The van der Waals surface area contributed by atoms with Crippen molar-refractivity contribution in [2.24, 2.45) is 0 Å². The molecule has 1 unspecified atom stereocenters. The minimum Gasteiger partial charge on any atom is -0.445 e. The van der Waals surface area contributed by atoms with E-state index >= 15 is 0 Å². The van der Waals surface area contributed by atoms with Crippen molar-refractivity contribution in [2.45, 2.75) is 19.1 Å². The van der Waals surface area contributed by atoms with Crippen LogP contribution in [-0.2, 0) is 11.3 Å². The Bertz CT molecular complexity index is 641. The number of benzene rings is 1. The van der Waals surface area contributed by atoms with Crippen LogP contribution in [0.2, 0.25) is 0 Å². The van der Waals surface area contributed by atoms with Crippen molar-refractivity contribution in [3.05, 3.63) is 78.1 Å². The van der Waals surface area contributed by atoms with Crippen LogP contribution in [0.3, 0.4) is 0 Å². The first-order chi connectivity index (χ1) is 10.8. The van der Waals surface area contributed by atoms with E-state index in [0.717, 1.165) is 17.7 Å². The molecule has 0 spiro atoms. The number of ether oxygens (including phenoxy) is 1. The van der Waals surface area contributed by atoms with E-state index in [4.69, 9.17) is 4.74 Å². The number of carbonyl (C=O) groups is 1. The zero-order valence-electron chi connectivity index (χ0n) is 12.3. The van der Waals surface area contributed by atoms with Crippen molar-refractivity contribution >= 4 is 6.09 Å². The number of hydrogen-bond acceptors (Lipinski definition) is 3. The molecule has 1 aliphatic rings. The second kappa shape index (κ2) is 6.89. The Labute approximate surface area is 130 Å². The van der Waals surface area contributed by atoms with E-state index in [1.54, 1.807) is 11.1 Å². The lowest BCUT2D eigenvalue weighted by atomic mass is 10.0. The van der Waals surface area contributed by atoms with Crippen LogP contribution in [0.15, 0.2) is 66.9 Å². The highest BCUT2D eigenvalue weighted by Gasteiger charge is 2.27. The zero-order valence-corrected chi connectivity index (χ0v) is 12.3. The van der Waals surface area contributed by atoms with Crippen LogP contribution in [-0.4, -0.2) is 22.5 Å². The van der Waals surface area contributed by atoms with Crippen LogP contribution in [0.1, 0.15) is 23.7 Å². The zero-order chi connectivity index (χ0) is 15.2. The molecule has 1 atom stereocenters. The van der Waals surface area contributed by atoms with Gasteiger partial charge in [0.1, 0.15) is 6.61 Å². The predicted octanol–water partition coefficient (Wildman–Crippen LogP) is 3.72. The topological polar surface area (TPSA) is 42.4 Å². The van der Waals surface area contributed by atoms with Gasteiger partial charge in [0, 0.05) is 12.7 Å². The number of amides is 1. The monoisotopic (exact) mass is 294 g/mol. The summed E-state index contributed by atoms with van der Waals surface area (Å²) in [6, 6.07) is 15.4. The van der Waals surface area contributed by atoms with Gasteiger partial charge in [-0.3, -0.25) is 9.88 Å². The normalized spacial score (nSPS) is 17.3. The van der Waals surface area contributed by atoms with Crippen LogP contribution in [0, 0.1) is 0 Å². The van der Waals surface area contributed by atoms with Gasteiger partial charge in [-0.2, -0.15) is 0 Å². The molecule has 3 rings (SSSR count). The fourth-order valence-electron chi connectivity index (χ4n) is 2.53. The molecule has 0 radical (unpaired) electrons. The van der Waals surface area contributed by atoms with Gasteiger partial charge in [-0.15, -0.1) is 0 Å². The first-order valence-corrected chi connectivity index (χ1v) is 7.38. The number of rotatable bonds is 3. The van der Waals surface area contributed by atoms with Gasteiger partial charge in [-0.25, -0.2) is 4.79 Å². The van der Waals surface area contributed by atoms with Gasteiger partial charge < -0.3 is 4.74 Å². The molecule has 1 aromatic carbocycles. The Morgan fingerprint density at radius 1 is 1.14 bits per heavy atom. The first kappa shape index (κ1) is 14.3. The average Bonchev–Trinajstić information content (AvgIpc) is 2.61. The molecule has 1 amide bonds. The summed E-state index contributed by atoms with van der Waals surface area (Å²) in [5.41, 5.74) is 1.88. The molecule has 1 aliphatic heterocycles. The van der Waals surface area contributed by atoms with Gasteiger partial charge in [-0.05, 0) is 24.1 Å². The second-order valence-electron chi connectivity index (χ2n) is 5.17. The molecule has 2 heterocycles. The number of nitrogens with zero attached hydrogens (tertiary/aromatic N) is 2. The Morgan fingerprint density at radius 2 is 1.95 bits per heavy atom. The summed E-state index contributed by atoms with van der Waals surface area (Å²) in [6.45, 7) is 0.837. The van der Waals surface area contributed by atoms with E-state index in [0.29, 0.717) is 6.54 Å². The van der Waals surface area contributed by atoms with Crippen molar-refractivity contribution in [1.82, 2.24) is 9.88 Å². The highest BCUT2D eigenvalue weighted by Crippen LogP contribution is 2.27. The summed E-state index contributed by atoms with van der Waals surface area (Å²) in [6.07, 6.45) is 6.28. The SMILES string of the molecule is O=C(OCc1ccccc1)N1CC=CCC1c1ccccn1. The lowest BCUT2D eigenvalue weighted by molar-refractivity contribution is 0.0824. The molecular weight excluding hydrogens is 276 g/mol. The minimum absolute atomic E-state index is 0.0607. The van der Waals surface area contributed by atoms with E-state index in [9.17, 15) is 4.79 Å². The first-order valence-electron chi connectivity index (χ1n) is 7.38. The third kappa shape index (κ3) is 3.34. The number of pyridine rings is 1. The van der Waals surface area contributed by atoms with Crippen LogP contribution in [0.4, 0.5) is 4.79 Å². The molecule has 22 heavy (non-hydrogen) atoms. The number of aromatic nitrogens is 1. The molecule has 0 aliphatic carbocycles. The fourth-order valence-corrected chi connectivity index (χ4v) is 2.53. The van der Waals surface area contributed by atoms with Crippen molar-refractivity contribution < 1.29 is 9.53 Å². The Kier molecular flexibility index (Phi) is 4.49. The van der Waals surface area contributed by atoms with E-state index < -0.39 is 0 Å². The molecule has 4 nitrogen and oxygen atoms in total. The predicted molar refractivity (Wildman–Crippen MR) is 84.1 cm³/mol. The van der Waals surface area contributed by atoms with Crippen LogP contribution < -0.4 is 0 Å². The van der Waals surface area contributed by atoms with Gasteiger partial charge in [0.25, 0.3) is 0 Å². The largest absolute Gasteiger partial charge is 0.445 e. The third-order valence-corrected chi connectivity index (χ3v) is 3.67. The van der Waals surface area contributed by atoms with Crippen LogP contribution >= 0.6 is 0 Å². The van der Waals surface area contributed by atoms with Gasteiger partial charge in [-0.1, -0.05) is 48.6 Å². The van der Waals surface area contributed by atoms with E-state index in [2.05, 4.69) is 11.1 Å². The summed E-state index contributed by atoms with van der Waals surface area (Å²) in [4.78, 5) is 18.5.